The SMILES string of the molecule is CCC(=O)CC1OC(=O)c2ccccc21. The third-order valence-electron chi connectivity index (χ3n) is 2.58. The van der Waals surface area contributed by atoms with Crippen LogP contribution in [0.4, 0.5) is 0 Å². The second kappa shape index (κ2) is 3.85. The van der Waals surface area contributed by atoms with Gasteiger partial charge in [0.05, 0.1) is 5.56 Å². The molecule has 0 fully saturated rings. The van der Waals surface area contributed by atoms with Crippen LogP contribution in [0.25, 0.3) is 0 Å². The lowest BCUT2D eigenvalue weighted by atomic mass is 10.0. The van der Waals surface area contributed by atoms with E-state index in [2.05, 4.69) is 0 Å². The van der Waals surface area contributed by atoms with Gasteiger partial charge in [-0.2, -0.15) is 0 Å². The van der Waals surface area contributed by atoms with Crippen LogP contribution in [0.1, 0.15) is 41.8 Å². The molecule has 3 nitrogen and oxygen atoms in total. The van der Waals surface area contributed by atoms with Gasteiger partial charge in [-0.25, -0.2) is 4.79 Å². The number of Topliss-reactive ketones (excluding diaryl/α,β-unsaturated/α-hetero) is 1. The number of hydrogen-bond donors (Lipinski definition) is 0. The highest BCUT2D eigenvalue weighted by Gasteiger charge is 2.31. The van der Waals surface area contributed by atoms with Crippen LogP contribution in [0.2, 0.25) is 0 Å². The van der Waals surface area contributed by atoms with Crippen molar-refractivity contribution in [2.24, 2.45) is 0 Å². The van der Waals surface area contributed by atoms with Crippen molar-refractivity contribution < 1.29 is 14.3 Å². The summed E-state index contributed by atoms with van der Waals surface area (Å²) in [5, 5.41) is 0. The third kappa shape index (κ3) is 1.77. The zero-order valence-electron chi connectivity index (χ0n) is 8.53. The van der Waals surface area contributed by atoms with Crippen LogP contribution in [0.15, 0.2) is 24.3 Å². The van der Waals surface area contributed by atoms with Crippen molar-refractivity contribution in [1.82, 2.24) is 0 Å². The molecule has 0 saturated heterocycles. The summed E-state index contributed by atoms with van der Waals surface area (Å²) in [4.78, 5) is 22.7. The van der Waals surface area contributed by atoms with E-state index < -0.39 is 0 Å². The number of carbonyl (C=O) groups is 2. The predicted octanol–water partition coefficient (Wildman–Crippen LogP) is 2.27. The van der Waals surface area contributed by atoms with Gasteiger partial charge >= 0.3 is 5.97 Å². The Morgan fingerprint density at radius 3 is 2.87 bits per heavy atom. The Hall–Kier alpha value is -1.64. The molecule has 0 spiro atoms. The van der Waals surface area contributed by atoms with Crippen LogP contribution in [0.3, 0.4) is 0 Å². The number of rotatable bonds is 3. The quantitative estimate of drug-likeness (QED) is 0.709. The fourth-order valence-corrected chi connectivity index (χ4v) is 1.72. The van der Waals surface area contributed by atoms with Crippen molar-refractivity contribution in [3.05, 3.63) is 35.4 Å². The first-order chi connectivity index (χ1) is 7.22. The van der Waals surface area contributed by atoms with E-state index >= 15 is 0 Å². The molecule has 0 radical (unpaired) electrons. The van der Waals surface area contributed by atoms with E-state index in [1.54, 1.807) is 12.1 Å². The van der Waals surface area contributed by atoms with Crippen LogP contribution in [-0.4, -0.2) is 11.8 Å². The minimum atomic E-state index is -0.374. The van der Waals surface area contributed by atoms with E-state index in [1.165, 1.54) is 0 Å². The van der Waals surface area contributed by atoms with Gasteiger partial charge in [0.1, 0.15) is 11.9 Å². The Labute approximate surface area is 88.1 Å². The maximum Gasteiger partial charge on any atom is 0.339 e. The zero-order valence-corrected chi connectivity index (χ0v) is 8.53. The van der Waals surface area contributed by atoms with Crippen LogP contribution in [-0.2, 0) is 9.53 Å². The normalized spacial score (nSPS) is 18.5. The van der Waals surface area contributed by atoms with Gasteiger partial charge in [0, 0.05) is 18.4 Å². The van der Waals surface area contributed by atoms with Crippen molar-refractivity contribution in [2.45, 2.75) is 25.9 Å². The number of fused-ring (bicyclic) bond motifs is 1. The van der Waals surface area contributed by atoms with Gasteiger partial charge in [0.2, 0.25) is 0 Å². The standard InChI is InChI=1S/C12H12O3/c1-2-8(13)7-11-9-5-3-4-6-10(9)12(14)15-11/h3-6,11H,2,7H2,1H3. The first kappa shape index (κ1) is 9.90. The molecule has 1 atom stereocenters. The van der Waals surface area contributed by atoms with Crippen molar-refractivity contribution in [2.75, 3.05) is 0 Å². The monoisotopic (exact) mass is 204 g/mol. The molecular formula is C12H12O3. The number of cyclic esters (lactones) is 1. The third-order valence-corrected chi connectivity index (χ3v) is 2.58. The summed E-state index contributed by atoms with van der Waals surface area (Å²) in [5.41, 5.74) is 1.43. The number of ketones is 1. The first-order valence-electron chi connectivity index (χ1n) is 5.04. The van der Waals surface area contributed by atoms with E-state index in [0.717, 1.165) is 5.56 Å². The molecular weight excluding hydrogens is 192 g/mol. The molecule has 78 valence electrons. The van der Waals surface area contributed by atoms with Gasteiger partial charge < -0.3 is 4.74 Å². The largest absolute Gasteiger partial charge is 0.453 e. The minimum absolute atomic E-state index is 0.115. The summed E-state index contributed by atoms with van der Waals surface area (Å²) >= 11 is 0. The molecule has 0 aromatic heterocycles. The lowest BCUT2D eigenvalue weighted by Crippen LogP contribution is -2.05. The van der Waals surface area contributed by atoms with Gasteiger partial charge in [0.15, 0.2) is 0 Å². The predicted molar refractivity (Wildman–Crippen MR) is 54.5 cm³/mol. The lowest BCUT2D eigenvalue weighted by molar-refractivity contribution is -0.120. The summed E-state index contributed by atoms with van der Waals surface area (Å²) in [6.45, 7) is 1.81. The fraction of sp³-hybridized carbons (Fsp3) is 0.333. The Morgan fingerprint density at radius 2 is 2.13 bits per heavy atom. The molecule has 15 heavy (non-hydrogen) atoms. The first-order valence-corrected chi connectivity index (χ1v) is 5.04. The second-order valence-corrected chi connectivity index (χ2v) is 3.58. The molecule has 0 N–H and O–H groups in total. The number of esters is 1. The number of benzene rings is 1. The van der Waals surface area contributed by atoms with Gasteiger partial charge in [-0.05, 0) is 6.07 Å². The number of hydrogen-bond acceptors (Lipinski definition) is 3. The van der Waals surface area contributed by atoms with Crippen molar-refractivity contribution in [1.29, 1.82) is 0 Å². The zero-order chi connectivity index (χ0) is 10.8. The summed E-state index contributed by atoms with van der Waals surface area (Å²) in [5.74, 6) is -0.205. The van der Waals surface area contributed by atoms with Crippen LogP contribution >= 0.6 is 0 Å². The van der Waals surface area contributed by atoms with Gasteiger partial charge in [-0.15, -0.1) is 0 Å². The summed E-state index contributed by atoms with van der Waals surface area (Å²) in [7, 11) is 0. The molecule has 1 aliphatic rings. The molecule has 1 heterocycles. The maximum atomic E-state index is 11.4. The maximum absolute atomic E-state index is 11.4. The Morgan fingerprint density at radius 1 is 1.40 bits per heavy atom. The highest BCUT2D eigenvalue weighted by molar-refractivity contribution is 5.94. The molecule has 0 amide bonds. The highest BCUT2D eigenvalue weighted by atomic mass is 16.5. The molecule has 0 aliphatic carbocycles. The molecule has 0 saturated carbocycles. The Kier molecular flexibility index (Phi) is 2.54. The Balaban J connectivity index is 2.25. The van der Waals surface area contributed by atoms with Gasteiger partial charge in [0.25, 0.3) is 0 Å². The Bertz CT molecular complexity index is 409. The summed E-state index contributed by atoms with van der Waals surface area (Å²) in [6.07, 6.45) is 0.399. The van der Waals surface area contributed by atoms with Crippen molar-refractivity contribution in [3.63, 3.8) is 0 Å². The molecule has 3 heteroatoms. The molecule has 0 bridgehead atoms. The van der Waals surface area contributed by atoms with Crippen molar-refractivity contribution >= 4 is 11.8 Å². The highest BCUT2D eigenvalue weighted by Crippen LogP contribution is 2.32. The van der Waals surface area contributed by atoms with Crippen LogP contribution < -0.4 is 0 Å². The number of ether oxygens (including phenoxy) is 1. The average molecular weight is 204 g/mol. The molecule has 1 aromatic carbocycles. The topological polar surface area (TPSA) is 43.4 Å². The lowest BCUT2D eigenvalue weighted by Gasteiger charge is -2.08. The van der Waals surface area contributed by atoms with Gasteiger partial charge in [-0.1, -0.05) is 25.1 Å². The van der Waals surface area contributed by atoms with E-state index in [0.29, 0.717) is 18.4 Å². The van der Waals surface area contributed by atoms with E-state index in [1.807, 2.05) is 19.1 Å². The average Bonchev–Trinajstić information content (AvgIpc) is 2.57. The van der Waals surface area contributed by atoms with Crippen molar-refractivity contribution in [3.8, 4) is 0 Å². The van der Waals surface area contributed by atoms with E-state index in [9.17, 15) is 9.59 Å². The van der Waals surface area contributed by atoms with E-state index in [4.69, 9.17) is 4.74 Å². The van der Waals surface area contributed by atoms with E-state index in [-0.39, 0.29) is 17.9 Å². The fourth-order valence-electron chi connectivity index (χ4n) is 1.72. The second-order valence-electron chi connectivity index (χ2n) is 3.58. The van der Waals surface area contributed by atoms with Crippen LogP contribution in [0, 0.1) is 0 Å². The molecule has 1 aliphatic heterocycles. The smallest absolute Gasteiger partial charge is 0.339 e. The molecule has 2 rings (SSSR count). The molecule has 1 aromatic rings. The minimum Gasteiger partial charge on any atom is -0.453 e. The number of carbonyl (C=O) groups excluding carboxylic acids is 2. The summed E-state index contributed by atoms with van der Waals surface area (Å²) in [6, 6.07) is 7.22. The molecule has 1 unspecified atom stereocenters. The van der Waals surface area contributed by atoms with Crippen LogP contribution in [0.5, 0.6) is 0 Å². The van der Waals surface area contributed by atoms with Gasteiger partial charge in [-0.3, -0.25) is 4.79 Å². The summed E-state index contributed by atoms with van der Waals surface area (Å²) < 4.78 is 5.14.